The highest BCUT2D eigenvalue weighted by molar-refractivity contribution is 5.99. The Labute approximate surface area is 283 Å². The van der Waals surface area contributed by atoms with Crippen LogP contribution in [0, 0.1) is 5.92 Å². The van der Waals surface area contributed by atoms with E-state index in [-0.39, 0.29) is 29.1 Å². The van der Waals surface area contributed by atoms with Crippen LogP contribution in [0.5, 0.6) is 5.75 Å². The maximum absolute atomic E-state index is 13.9. The number of anilines is 3. The molecule has 0 saturated heterocycles. The zero-order valence-electron chi connectivity index (χ0n) is 27.6. The summed E-state index contributed by atoms with van der Waals surface area (Å²) in [6.45, 7) is 0.930. The molecule has 3 aliphatic rings. The SMILES string of the molecule is COc1c(Nc2cc(NC(=O)C3CC3)nn3ccnc23)cccc1-c1ccc2c(c1)C1(CC1)CN(Cc1cccc(C(=O)N(C)C)n1)C2=O. The fourth-order valence-electron chi connectivity index (χ4n) is 6.72. The molecule has 3 amide bonds. The van der Waals surface area contributed by atoms with Gasteiger partial charge in [0.05, 0.1) is 30.7 Å². The van der Waals surface area contributed by atoms with Gasteiger partial charge in [-0.05, 0) is 67.1 Å². The Hall–Kier alpha value is -5.78. The van der Waals surface area contributed by atoms with Gasteiger partial charge in [-0.15, -0.1) is 5.10 Å². The van der Waals surface area contributed by atoms with Crippen molar-refractivity contribution in [2.45, 2.75) is 37.6 Å². The number of amides is 3. The fraction of sp³-hybridized carbons (Fsp3) is 0.297. The highest BCUT2D eigenvalue weighted by Gasteiger charge is 2.51. The van der Waals surface area contributed by atoms with E-state index < -0.39 is 0 Å². The number of aromatic nitrogens is 4. The molecular formula is C37H36N8O4. The molecule has 1 aliphatic heterocycles. The van der Waals surface area contributed by atoms with Crippen LogP contribution in [0.25, 0.3) is 16.8 Å². The molecule has 8 rings (SSSR count). The van der Waals surface area contributed by atoms with Crippen molar-refractivity contribution in [2.24, 2.45) is 5.92 Å². The Kier molecular flexibility index (Phi) is 7.31. The van der Waals surface area contributed by atoms with Gasteiger partial charge in [-0.25, -0.2) is 14.5 Å². The molecule has 0 atom stereocenters. The number of nitrogens with one attached hydrogen (secondary N) is 2. The number of carbonyl (C=O) groups excluding carboxylic acids is 3. The number of imidazole rings is 1. The van der Waals surface area contributed by atoms with Gasteiger partial charge in [0.2, 0.25) is 5.91 Å². The van der Waals surface area contributed by atoms with Crippen molar-refractivity contribution in [2.75, 3.05) is 38.4 Å². The molecule has 12 heteroatoms. The molecule has 0 unspecified atom stereocenters. The quantitative estimate of drug-likeness (QED) is 0.219. The number of benzene rings is 2. The summed E-state index contributed by atoms with van der Waals surface area (Å²) >= 11 is 0. The van der Waals surface area contributed by atoms with Crippen molar-refractivity contribution in [1.82, 2.24) is 29.4 Å². The van der Waals surface area contributed by atoms with Crippen LogP contribution in [0.15, 0.2) is 73.1 Å². The number of pyridine rings is 1. The van der Waals surface area contributed by atoms with Crippen LogP contribution < -0.4 is 15.4 Å². The van der Waals surface area contributed by atoms with Crippen molar-refractivity contribution in [3.05, 3.63) is 95.6 Å². The third kappa shape index (κ3) is 5.62. The maximum atomic E-state index is 13.9. The standard InChI is InChI=1S/C37H36N8O4/c1-43(2)36(48)29-9-4-6-24(39-29)20-44-21-37(14-15-37)27-18-23(12-13-26(27)35(44)47)25-7-5-8-28(32(25)49-3)40-30-19-31(41-34(46)22-10-11-22)42-45-17-16-38-33(30)45/h4-9,12-13,16-19,22,40H,10-11,14-15,20-21H2,1-3H3,(H,41,42,46). The molecule has 4 heterocycles. The molecule has 2 aromatic carbocycles. The lowest BCUT2D eigenvalue weighted by atomic mass is 9.84. The zero-order chi connectivity index (χ0) is 33.9. The van der Waals surface area contributed by atoms with Gasteiger partial charge in [0, 0.05) is 61.6 Å². The number of rotatable bonds is 9. The molecule has 3 aromatic heterocycles. The Bertz CT molecular complexity index is 2150. The Morgan fingerprint density at radius 3 is 2.59 bits per heavy atom. The van der Waals surface area contributed by atoms with Gasteiger partial charge in [0.25, 0.3) is 11.8 Å². The normalized spacial score (nSPS) is 16.0. The summed E-state index contributed by atoms with van der Waals surface area (Å²) in [4.78, 5) is 51.3. The second kappa shape index (κ2) is 11.7. The number of nitrogens with zero attached hydrogens (tertiary/aromatic N) is 6. The molecule has 12 nitrogen and oxygen atoms in total. The minimum Gasteiger partial charge on any atom is -0.494 e. The lowest BCUT2D eigenvalue weighted by Gasteiger charge is -2.35. The average molecular weight is 657 g/mol. The van der Waals surface area contributed by atoms with Crippen LogP contribution in [0.4, 0.5) is 17.2 Å². The van der Waals surface area contributed by atoms with E-state index in [1.54, 1.807) is 50.2 Å². The fourth-order valence-corrected chi connectivity index (χ4v) is 6.72. The van der Waals surface area contributed by atoms with Gasteiger partial charge in [0.15, 0.2) is 11.5 Å². The highest BCUT2D eigenvalue weighted by atomic mass is 16.5. The number of carbonyl (C=O) groups is 3. The van der Waals surface area contributed by atoms with Crippen molar-refractivity contribution in [3.8, 4) is 16.9 Å². The van der Waals surface area contributed by atoms with E-state index in [2.05, 4.69) is 31.8 Å². The Balaban J connectivity index is 1.09. The summed E-state index contributed by atoms with van der Waals surface area (Å²) < 4.78 is 7.64. The van der Waals surface area contributed by atoms with E-state index in [9.17, 15) is 14.4 Å². The molecule has 248 valence electrons. The molecule has 2 saturated carbocycles. The van der Waals surface area contributed by atoms with Crippen molar-refractivity contribution in [3.63, 3.8) is 0 Å². The van der Waals surface area contributed by atoms with Crippen LogP contribution in [0.2, 0.25) is 0 Å². The maximum Gasteiger partial charge on any atom is 0.271 e. The molecule has 2 aliphatic carbocycles. The van der Waals surface area contributed by atoms with E-state index in [1.807, 2.05) is 47.4 Å². The minimum atomic E-state index is -0.171. The topological polar surface area (TPSA) is 134 Å². The molecule has 2 N–H and O–H groups in total. The molecule has 0 bridgehead atoms. The third-order valence-electron chi connectivity index (χ3n) is 9.60. The van der Waals surface area contributed by atoms with Gasteiger partial charge in [-0.3, -0.25) is 14.4 Å². The number of para-hydroxylation sites is 1. The second-order valence-corrected chi connectivity index (χ2v) is 13.3. The molecule has 49 heavy (non-hydrogen) atoms. The molecule has 2 fully saturated rings. The van der Waals surface area contributed by atoms with Crippen molar-refractivity contribution >= 4 is 40.6 Å². The third-order valence-corrected chi connectivity index (χ3v) is 9.60. The number of hydrogen-bond acceptors (Lipinski definition) is 8. The van der Waals surface area contributed by atoms with Crippen LogP contribution in [-0.2, 0) is 16.8 Å². The lowest BCUT2D eigenvalue weighted by Crippen LogP contribution is -2.43. The van der Waals surface area contributed by atoms with Crippen LogP contribution in [0.1, 0.15) is 57.8 Å². The van der Waals surface area contributed by atoms with Gasteiger partial charge in [0.1, 0.15) is 11.4 Å². The predicted molar refractivity (Wildman–Crippen MR) is 184 cm³/mol. The number of hydrogen-bond donors (Lipinski definition) is 2. The molecule has 0 radical (unpaired) electrons. The lowest BCUT2D eigenvalue weighted by molar-refractivity contribution is -0.117. The number of methoxy groups -OCH3 is 1. The van der Waals surface area contributed by atoms with Crippen LogP contribution >= 0.6 is 0 Å². The van der Waals surface area contributed by atoms with E-state index in [4.69, 9.17) is 4.74 Å². The van der Waals surface area contributed by atoms with Crippen molar-refractivity contribution in [1.29, 1.82) is 0 Å². The average Bonchev–Trinajstić information content (AvgIpc) is 4.04. The van der Waals surface area contributed by atoms with E-state index in [1.165, 1.54) is 4.90 Å². The van der Waals surface area contributed by atoms with E-state index >= 15 is 0 Å². The zero-order valence-corrected chi connectivity index (χ0v) is 27.6. The summed E-state index contributed by atoms with van der Waals surface area (Å²) in [5, 5.41) is 10.9. The first kappa shape index (κ1) is 30.5. The molecule has 5 aromatic rings. The molecule has 1 spiro atoms. The predicted octanol–water partition coefficient (Wildman–Crippen LogP) is 5.28. The second-order valence-electron chi connectivity index (χ2n) is 13.3. The number of fused-ring (bicyclic) bond motifs is 3. The highest BCUT2D eigenvalue weighted by Crippen LogP contribution is 2.53. The van der Waals surface area contributed by atoms with Gasteiger partial charge < -0.3 is 25.2 Å². The Morgan fingerprint density at radius 2 is 1.84 bits per heavy atom. The summed E-state index contributed by atoms with van der Waals surface area (Å²) in [5.74, 6) is 0.886. The van der Waals surface area contributed by atoms with Crippen LogP contribution in [-0.4, -0.2) is 74.9 Å². The summed E-state index contributed by atoms with van der Waals surface area (Å²) in [7, 11) is 5.03. The first-order valence-corrected chi connectivity index (χ1v) is 16.4. The summed E-state index contributed by atoms with van der Waals surface area (Å²) in [6, 6.07) is 19.1. The van der Waals surface area contributed by atoms with E-state index in [0.717, 1.165) is 48.1 Å². The van der Waals surface area contributed by atoms with Gasteiger partial charge >= 0.3 is 0 Å². The monoisotopic (exact) mass is 656 g/mol. The smallest absolute Gasteiger partial charge is 0.271 e. The molecular weight excluding hydrogens is 620 g/mol. The first-order valence-electron chi connectivity index (χ1n) is 16.4. The minimum absolute atomic E-state index is 0.0256. The number of ether oxygens (including phenoxy) is 1. The van der Waals surface area contributed by atoms with Gasteiger partial charge in [-0.2, -0.15) is 0 Å². The summed E-state index contributed by atoms with van der Waals surface area (Å²) in [6.07, 6.45) is 7.18. The van der Waals surface area contributed by atoms with Crippen LogP contribution in [0.3, 0.4) is 0 Å². The van der Waals surface area contributed by atoms with Crippen molar-refractivity contribution < 1.29 is 19.1 Å². The van der Waals surface area contributed by atoms with Gasteiger partial charge in [-0.1, -0.05) is 24.3 Å². The summed E-state index contributed by atoms with van der Waals surface area (Å²) in [5.41, 5.74) is 6.50. The Morgan fingerprint density at radius 1 is 1.02 bits per heavy atom. The largest absolute Gasteiger partial charge is 0.494 e. The first-order chi connectivity index (χ1) is 23.7. The van der Waals surface area contributed by atoms with E-state index in [0.29, 0.717) is 52.9 Å².